The molecular formula is C13H9ClN2. The second kappa shape index (κ2) is 3.65. The smallest absolute Gasteiger partial charge is 0.159 e. The third-order valence-electron chi connectivity index (χ3n) is 2.56. The first kappa shape index (κ1) is 9.43. The Morgan fingerprint density at radius 2 is 1.69 bits per heavy atom. The molecule has 2 aromatic heterocycles. The van der Waals surface area contributed by atoms with Crippen molar-refractivity contribution in [3.63, 3.8) is 0 Å². The van der Waals surface area contributed by atoms with E-state index in [9.17, 15) is 0 Å². The van der Waals surface area contributed by atoms with E-state index >= 15 is 0 Å². The Hall–Kier alpha value is -1.80. The van der Waals surface area contributed by atoms with Crippen LogP contribution in [0.25, 0.3) is 16.6 Å². The molecule has 3 rings (SSSR count). The van der Waals surface area contributed by atoms with Gasteiger partial charge in [-0.25, -0.2) is 4.52 Å². The van der Waals surface area contributed by atoms with Gasteiger partial charge in [0.25, 0.3) is 0 Å². The standard InChI is InChI=1S/C13H9ClN2/c14-13-12(10-6-2-1-3-7-10)11-8-4-5-9-16(11)15-13/h1-9H. The molecule has 0 spiro atoms. The molecule has 2 heterocycles. The van der Waals surface area contributed by atoms with Crippen LogP contribution in [0.5, 0.6) is 0 Å². The van der Waals surface area contributed by atoms with Crippen LogP contribution in [-0.4, -0.2) is 9.61 Å². The number of rotatable bonds is 1. The lowest BCUT2D eigenvalue weighted by molar-refractivity contribution is 0.962. The zero-order valence-electron chi connectivity index (χ0n) is 8.47. The normalized spacial score (nSPS) is 10.8. The van der Waals surface area contributed by atoms with Crippen LogP contribution >= 0.6 is 11.6 Å². The van der Waals surface area contributed by atoms with E-state index in [1.165, 1.54) is 0 Å². The lowest BCUT2D eigenvalue weighted by Gasteiger charge is -1.98. The van der Waals surface area contributed by atoms with E-state index in [0.29, 0.717) is 5.15 Å². The Kier molecular flexibility index (Phi) is 2.15. The highest BCUT2D eigenvalue weighted by molar-refractivity contribution is 6.33. The average molecular weight is 229 g/mol. The molecular weight excluding hydrogens is 220 g/mol. The van der Waals surface area contributed by atoms with E-state index in [0.717, 1.165) is 16.6 Å². The zero-order valence-corrected chi connectivity index (χ0v) is 9.22. The monoisotopic (exact) mass is 228 g/mol. The molecule has 0 aliphatic heterocycles. The quantitative estimate of drug-likeness (QED) is 0.621. The molecule has 16 heavy (non-hydrogen) atoms. The lowest BCUT2D eigenvalue weighted by Crippen LogP contribution is -1.83. The molecule has 0 bridgehead atoms. The van der Waals surface area contributed by atoms with Gasteiger partial charge in [-0.1, -0.05) is 48.0 Å². The molecule has 3 aromatic rings. The van der Waals surface area contributed by atoms with Gasteiger partial charge in [0, 0.05) is 11.8 Å². The molecule has 1 aromatic carbocycles. The Labute approximate surface area is 98.1 Å². The highest BCUT2D eigenvalue weighted by Crippen LogP contribution is 2.31. The van der Waals surface area contributed by atoms with Gasteiger partial charge < -0.3 is 0 Å². The van der Waals surface area contributed by atoms with E-state index in [1.807, 2.05) is 54.7 Å². The van der Waals surface area contributed by atoms with Crippen LogP contribution in [0.2, 0.25) is 5.15 Å². The van der Waals surface area contributed by atoms with E-state index in [-0.39, 0.29) is 0 Å². The third kappa shape index (κ3) is 1.39. The molecule has 0 fully saturated rings. The number of fused-ring (bicyclic) bond motifs is 1. The summed E-state index contributed by atoms with van der Waals surface area (Å²) in [6.07, 6.45) is 1.90. The molecule has 0 unspecified atom stereocenters. The maximum atomic E-state index is 6.17. The minimum absolute atomic E-state index is 0.539. The van der Waals surface area contributed by atoms with Crippen molar-refractivity contribution in [2.45, 2.75) is 0 Å². The van der Waals surface area contributed by atoms with Gasteiger partial charge in [-0.2, -0.15) is 5.10 Å². The second-order valence-corrected chi connectivity index (χ2v) is 3.92. The van der Waals surface area contributed by atoms with Crippen LogP contribution in [0.4, 0.5) is 0 Å². The predicted octanol–water partition coefficient (Wildman–Crippen LogP) is 3.65. The molecule has 0 radical (unpaired) electrons. The first-order chi connectivity index (χ1) is 7.86. The summed E-state index contributed by atoms with van der Waals surface area (Å²) < 4.78 is 1.80. The fourth-order valence-corrected chi connectivity index (χ4v) is 2.13. The molecule has 0 aliphatic carbocycles. The summed E-state index contributed by atoms with van der Waals surface area (Å²) in [5.74, 6) is 0. The molecule has 3 heteroatoms. The summed E-state index contributed by atoms with van der Waals surface area (Å²) in [4.78, 5) is 0. The highest BCUT2D eigenvalue weighted by Gasteiger charge is 2.11. The fourth-order valence-electron chi connectivity index (χ4n) is 1.84. The largest absolute Gasteiger partial charge is 0.239 e. The average Bonchev–Trinajstić information content (AvgIpc) is 2.66. The number of hydrogen-bond donors (Lipinski definition) is 0. The summed E-state index contributed by atoms with van der Waals surface area (Å²) in [6, 6.07) is 16.0. The van der Waals surface area contributed by atoms with Crippen molar-refractivity contribution < 1.29 is 0 Å². The van der Waals surface area contributed by atoms with Crippen LogP contribution in [0.3, 0.4) is 0 Å². The number of pyridine rings is 1. The number of halogens is 1. The number of benzene rings is 1. The molecule has 0 saturated carbocycles. The van der Waals surface area contributed by atoms with Gasteiger partial charge in [-0.05, 0) is 17.7 Å². The molecule has 2 nitrogen and oxygen atoms in total. The summed E-state index contributed by atoms with van der Waals surface area (Å²) in [5.41, 5.74) is 3.11. The summed E-state index contributed by atoms with van der Waals surface area (Å²) >= 11 is 6.17. The van der Waals surface area contributed by atoms with Gasteiger partial charge in [-0.3, -0.25) is 0 Å². The maximum Gasteiger partial charge on any atom is 0.159 e. The van der Waals surface area contributed by atoms with Crippen LogP contribution < -0.4 is 0 Å². The molecule has 78 valence electrons. The highest BCUT2D eigenvalue weighted by atomic mass is 35.5. The van der Waals surface area contributed by atoms with Crippen molar-refractivity contribution in [3.8, 4) is 11.1 Å². The number of nitrogens with zero attached hydrogens (tertiary/aromatic N) is 2. The van der Waals surface area contributed by atoms with Crippen molar-refractivity contribution in [2.24, 2.45) is 0 Å². The van der Waals surface area contributed by atoms with E-state index < -0.39 is 0 Å². The van der Waals surface area contributed by atoms with Crippen molar-refractivity contribution in [3.05, 3.63) is 59.9 Å². The summed E-state index contributed by atoms with van der Waals surface area (Å²) in [5, 5.41) is 4.81. The van der Waals surface area contributed by atoms with Crippen molar-refractivity contribution in [1.82, 2.24) is 9.61 Å². The second-order valence-electron chi connectivity index (χ2n) is 3.56. The van der Waals surface area contributed by atoms with Gasteiger partial charge in [0.15, 0.2) is 5.15 Å². The number of hydrogen-bond acceptors (Lipinski definition) is 1. The lowest BCUT2D eigenvalue weighted by atomic mass is 10.1. The topological polar surface area (TPSA) is 17.3 Å². The zero-order chi connectivity index (χ0) is 11.0. The summed E-state index contributed by atoms with van der Waals surface area (Å²) in [6.45, 7) is 0. The van der Waals surface area contributed by atoms with E-state index in [1.54, 1.807) is 4.52 Å². The van der Waals surface area contributed by atoms with Crippen LogP contribution in [0.1, 0.15) is 0 Å². The van der Waals surface area contributed by atoms with Crippen molar-refractivity contribution in [2.75, 3.05) is 0 Å². The minimum Gasteiger partial charge on any atom is -0.239 e. The Morgan fingerprint density at radius 3 is 2.50 bits per heavy atom. The van der Waals surface area contributed by atoms with E-state index in [2.05, 4.69) is 5.10 Å². The van der Waals surface area contributed by atoms with Gasteiger partial charge in [0.1, 0.15) is 0 Å². The van der Waals surface area contributed by atoms with Crippen molar-refractivity contribution >= 4 is 17.1 Å². The van der Waals surface area contributed by atoms with Gasteiger partial charge in [-0.15, -0.1) is 0 Å². The van der Waals surface area contributed by atoms with E-state index in [4.69, 9.17) is 11.6 Å². The molecule has 0 saturated heterocycles. The molecule has 0 aliphatic rings. The fraction of sp³-hybridized carbons (Fsp3) is 0. The number of aromatic nitrogens is 2. The Bertz CT molecular complexity index is 629. The third-order valence-corrected chi connectivity index (χ3v) is 2.82. The van der Waals surface area contributed by atoms with Crippen molar-refractivity contribution in [1.29, 1.82) is 0 Å². The van der Waals surface area contributed by atoms with Gasteiger partial charge in [0.2, 0.25) is 0 Å². The molecule has 0 amide bonds. The predicted molar refractivity (Wildman–Crippen MR) is 65.6 cm³/mol. The first-order valence-electron chi connectivity index (χ1n) is 5.04. The van der Waals surface area contributed by atoms with Crippen LogP contribution in [-0.2, 0) is 0 Å². The maximum absolute atomic E-state index is 6.17. The Balaban J connectivity index is 2.35. The van der Waals surface area contributed by atoms with Gasteiger partial charge >= 0.3 is 0 Å². The Morgan fingerprint density at radius 1 is 0.938 bits per heavy atom. The summed E-state index contributed by atoms with van der Waals surface area (Å²) in [7, 11) is 0. The van der Waals surface area contributed by atoms with Gasteiger partial charge in [0.05, 0.1) is 5.52 Å². The minimum atomic E-state index is 0.539. The molecule has 0 atom stereocenters. The first-order valence-corrected chi connectivity index (χ1v) is 5.42. The SMILES string of the molecule is Clc1nn2ccccc2c1-c1ccccc1. The molecule has 0 N–H and O–H groups in total. The van der Waals surface area contributed by atoms with Crippen LogP contribution in [0, 0.1) is 0 Å². The van der Waals surface area contributed by atoms with Crippen LogP contribution in [0.15, 0.2) is 54.7 Å².